The summed E-state index contributed by atoms with van der Waals surface area (Å²) in [5.41, 5.74) is 1.46. The number of hydrogen-bond acceptors (Lipinski definition) is 5. The van der Waals surface area contributed by atoms with E-state index >= 15 is 0 Å². The topological polar surface area (TPSA) is 102 Å². The van der Waals surface area contributed by atoms with Crippen LogP contribution in [-0.2, 0) is 22.3 Å². The molecule has 0 saturated carbocycles. The van der Waals surface area contributed by atoms with Crippen LogP contribution in [0.3, 0.4) is 0 Å². The maximum Gasteiger partial charge on any atom is 0.416 e. The van der Waals surface area contributed by atoms with Crippen LogP contribution in [0.25, 0.3) is 16.9 Å². The molecule has 3 aromatic rings. The predicted octanol–water partition coefficient (Wildman–Crippen LogP) is 9.44. The number of nitrogens with zero attached hydrogens (tertiary/aromatic N) is 1. The maximum atomic E-state index is 13.3. The minimum absolute atomic E-state index is 0.00693. The van der Waals surface area contributed by atoms with Gasteiger partial charge in [0.15, 0.2) is 17.5 Å². The van der Waals surface area contributed by atoms with Gasteiger partial charge in [-0.05, 0) is 57.2 Å². The third-order valence-corrected chi connectivity index (χ3v) is 7.10. The lowest BCUT2D eigenvalue weighted by Gasteiger charge is -2.14. The number of nitrogens with one attached hydrogen (secondary N) is 1. The summed E-state index contributed by atoms with van der Waals surface area (Å²) in [5.74, 6) is -0.113. The zero-order valence-corrected chi connectivity index (χ0v) is 28.1. The van der Waals surface area contributed by atoms with E-state index in [0.717, 1.165) is 30.5 Å². The number of allylic oxidation sites excluding steroid dienone is 7. The monoisotopic (exact) mass is 676 g/mol. The summed E-state index contributed by atoms with van der Waals surface area (Å²) in [6, 6.07) is 11.8. The number of halogens is 3. The molecule has 0 aliphatic heterocycles. The number of aromatic nitrogens is 1. The van der Waals surface area contributed by atoms with E-state index in [2.05, 4.69) is 54.9 Å². The number of carbonyl (C=O) groups excluding carboxylic acids is 1. The molecule has 2 aromatic carbocycles. The normalized spacial score (nSPS) is 12.5. The molecular weight excluding hydrogens is 633 g/mol. The summed E-state index contributed by atoms with van der Waals surface area (Å²) in [7, 11) is 0. The molecule has 260 valence electrons. The molecule has 10 heteroatoms. The first-order valence-corrected chi connectivity index (χ1v) is 15.8. The van der Waals surface area contributed by atoms with Gasteiger partial charge >= 0.3 is 12.1 Å². The second-order valence-electron chi connectivity index (χ2n) is 10.7. The van der Waals surface area contributed by atoms with Crippen molar-refractivity contribution in [1.82, 2.24) is 10.3 Å². The zero-order valence-electron chi connectivity index (χ0n) is 28.1. The van der Waals surface area contributed by atoms with Crippen molar-refractivity contribution in [3.63, 3.8) is 0 Å². The smallest absolute Gasteiger partial charge is 0.416 e. The van der Waals surface area contributed by atoms with Crippen molar-refractivity contribution >= 4 is 17.4 Å². The molecule has 0 saturated heterocycles. The molecule has 1 heterocycles. The molecule has 0 bridgehead atoms. The summed E-state index contributed by atoms with van der Waals surface area (Å²) in [5, 5.41) is 11.9. The molecule has 49 heavy (non-hydrogen) atoms. The number of benzene rings is 2. The Labute approximate surface area is 286 Å². The number of oxazole rings is 1. The van der Waals surface area contributed by atoms with Gasteiger partial charge < -0.3 is 19.6 Å². The highest BCUT2D eigenvalue weighted by Gasteiger charge is 2.32. The SMILES string of the molecule is C#CC/C=C(\CC)c1nc(C(=O)NC(COCc2ccccc2)C(=O)O)c(-c2cccc(C(F)(F)F)c2)o1.C=CC/C(=C/C)CC/C=C\C. The summed E-state index contributed by atoms with van der Waals surface area (Å²) in [6.45, 7) is 9.42. The third-order valence-electron chi connectivity index (χ3n) is 7.10. The minimum Gasteiger partial charge on any atom is -0.480 e. The molecule has 1 unspecified atom stereocenters. The van der Waals surface area contributed by atoms with Crippen LogP contribution in [0.1, 0.15) is 80.4 Å². The van der Waals surface area contributed by atoms with E-state index in [-0.39, 0.29) is 42.5 Å². The molecule has 7 nitrogen and oxygen atoms in total. The van der Waals surface area contributed by atoms with E-state index in [1.165, 1.54) is 24.1 Å². The Bertz CT molecular complexity index is 1650. The Morgan fingerprint density at radius 2 is 1.90 bits per heavy atom. The van der Waals surface area contributed by atoms with Crippen LogP contribution in [0.2, 0.25) is 0 Å². The highest BCUT2D eigenvalue weighted by molar-refractivity contribution is 6.00. The van der Waals surface area contributed by atoms with E-state index in [4.69, 9.17) is 15.6 Å². The van der Waals surface area contributed by atoms with Crippen molar-refractivity contribution in [3.05, 3.63) is 120 Å². The van der Waals surface area contributed by atoms with Gasteiger partial charge in [-0.15, -0.1) is 18.9 Å². The zero-order chi connectivity index (χ0) is 36.2. The number of terminal acetylenes is 1. The van der Waals surface area contributed by atoms with Gasteiger partial charge in [-0.3, -0.25) is 4.79 Å². The van der Waals surface area contributed by atoms with Gasteiger partial charge in [0.1, 0.15) is 0 Å². The van der Waals surface area contributed by atoms with Crippen molar-refractivity contribution in [2.75, 3.05) is 6.61 Å². The highest BCUT2D eigenvalue weighted by Crippen LogP contribution is 2.35. The molecule has 0 fully saturated rings. The first-order chi connectivity index (χ1) is 23.5. The summed E-state index contributed by atoms with van der Waals surface area (Å²) >= 11 is 0. The van der Waals surface area contributed by atoms with Crippen molar-refractivity contribution in [2.45, 2.75) is 71.7 Å². The molecule has 1 aromatic heterocycles. The van der Waals surface area contributed by atoms with Gasteiger partial charge in [0, 0.05) is 17.6 Å². The van der Waals surface area contributed by atoms with Crippen molar-refractivity contribution < 1.29 is 37.0 Å². The number of carboxylic acid groups (broad SMARTS) is 1. The summed E-state index contributed by atoms with van der Waals surface area (Å²) in [6.07, 6.45) is 14.8. The van der Waals surface area contributed by atoms with Crippen LogP contribution >= 0.6 is 0 Å². The molecule has 0 aliphatic rings. The highest BCUT2D eigenvalue weighted by atomic mass is 19.4. The maximum absolute atomic E-state index is 13.3. The predicted molar refractivity (Wildman–Crippen MR) is 186 cm³/mol. The van der Waals surface area contributed by atoms with Crippen molar-refractivity contribution in [2.24, 2.45) is 0 Å². The van der Waals surface area contributed by atoms with E-state index in [1.807, 2.05) is 12.1 Å². The van der Waals surface area contributed by atoms with Crippen LogP contribution < -0.4 is 5.32 Å². The summed E-state index contributed by atoms with van der Waals surface area (Å²) in [4.78, 5) is 29.2. The second-order valence-corrected chi connectivity index (χ2v) is 10.7. The molecule has 0 aliphatic carbocycles. The van der Waals surface area contributed by atoms with E-state index in [0.29, 0.717) is 12.0 Å². The lowest BCUT2D eigenvalue weighted by Crippen LogP contribution is -2.44. The standard InChI is InChI=1S/C28H25F3N2O5.C11H18/c1-3-5-12-19(4-2)26-33-23(24(38-26)20-13-9-14-21(15-20)28(29,30)31)25(34)32-22(27(35)36)17-37-16-18-10-7-6-8-11-18;1-4-7-8-10-11(6-3)9-5-2/h1,6-15,22H,4-5,16-17H2,2H3,(H,32,34)(H,35,36);4-7H,2,8-10H2,1,3H3/b19-12+;7-4-,11-6-. The quantitative estimate of drug-likeness (QED) is 0.116. The van der Waals surface area contributed by atoms with Crippen LogP contribution in [0, 0.1) is 12.3 Å². The fraction of sp³-hybridized carbons (Fsp3) is 0.308. The van der Waals surface area contributed by atoms with Gasteiger partial charge in [-0.2, -0.15) is 13.2 Å². The minimum atomic E-state index is -4.63. The van der Waals surface area contributed by atoms with Gasteiger partial charge in [0.05, 0.1) is 18.8 Å². The van der Waals surface area contributed by atoms with E-state index < -0.39 is 29.7 Å². The second kappa shape index (κ2) is 21.0. The number of amides is 1. The Balaban J connectivity index is 0.000000650. The lowest BCUT2D eigenvalue weighted by atomic mass is 10.1. The number of carboxylic acids is 1. The number of rotatable bonds is 16. The van der Waals surface area contributed by atoms with Crippen LogP contribution in [0.5, 0.6) is 0 Å². The van der Waals surface area contributed by atoms with Gasteiger partial charge in [0.2, 0.25) is 5.89 Å². The molecule has 2 N–H and O–H groups in total. The number of alkyl halides is 3. The molecule has 3 rings (SSSR count). The van der Waals surface area contributed by atoms with E-state index in [9.17, 15) is 27.9 Å². The lowest BCUT2D eigenvalue weighted by molar-refractivity contribution is -0.141. The number of ether oxygens (including phenoxy) is 1. The molecule has 0 spiro atoms. The summed E-state index contributed by atoms with van der Waals surface area (Å²) < 4.78 is 51.2. The van der Waals surface area contributed by atoms with Gasteiger partial charge in [-0.25, -0.2) is 9.78 Å². The Hall–Kier alpha value is -5.14. The Kier molecular flexibility index (Phi) is 17.1. The number of carbonyl (C=O) groups is 2. The number of aliphatic carboxylic acids is 1. The average molecular weight is 677 g/mol. The average Bonchev–Trinajstić information content (AvgIpc) is 3.54. The first-order valence-electron chi connectivity index (χ1n) is 15.8. The molecule has 1 amide bonds. The van der Waals surface area contributed by atoms with Gasteiger partial charge in [0.25, 0.3) is 5.91 Å². The van der Waals surface area contributed by atoms with Crippen LogP contribution in [0.15, 0.2) is 102 Å². The largest absolute Gasteiger partial charge is 0.480 e. The fourth-order valence-corrected chi connectivity index (χ4v) is 4.46. The van der Waals surface area contributed by atoms with E-state index in [1.54, 1.807) is 37.3 Å². The Morgan fingerprint density at radius 3 is 2.49 bits per heavy atom. The Morgan fingerprint density at radius 1 is 1.16 bits per heavy atom. The fourth-order valence-electron chi connectivity index (χ4n) is 4.46. The van der Waals surface area contributed by atoms with Crippen molar-refractivity contribution in [3.8, 4) is 23.7 Å². The molecular formula is C39H43F3N2O5. The van der Waals surface area contributed by atoms with Crippen molar-refractivity contribution in [1.29, 1.82) is 0 Å². The first kappa shape index (κ1) is 40.0. The van der Waals surface area contributed by atoms with Crippen LogP contribution in [-0.4, -0.2) is 34.6 Å². The number of hydrogen-bond donors (Lipinski definition) is 2. The van der Waals surface area contributed by atoms with Gasteiger partial charge in [-0.1, -0.05) is 85.3 Å². The van der Waals surface area contributed by atoms with Crippen LogP contribution in [0.4, 0.5) is 13.2 Å². The molecule has 1 atom stereocenters. The third kappa shape index (κ3) is 13.5. The molecule has 0 radical (unpaired) electrons.